The molecule has 0 amide bonds. The predicted octanol–water partition coefficient (Wildman–Crippen LogP) is 2.51. The first-order chi connectivity index (χ1) is 9.40. The smallest absolute Gasteiger partial charge is 0.310 e. The number of nitro groups is 1. The van der Waals surface area contributed by atoms with Crippen LogP contribution in [0.2, 0.25) is 0 Å². The molecule has 1 rings (SSSR count). The summed E-state index contributed by atoms with van der Waals surface area (Å²) in [6.45, 7) is 1.71. The molecule has 0 bridgehead atoms. The topological polar surface area (TPSA) is 93.2 Å². The minimum absolute atomic E-state index is 0.0703. The average Bonchev–Trinajstić information content (AvgIpc) is 2.37. The molecule has 0 fully saturated rings. The van der Waals surface area contributed by atoms with Crippen LogP contribution in [0.4, 0.5) is 14.5 Å². The lowest BCUT2D eigenvalue weighted by molar-refractivity contribution is -0.386. The van der Waals surface area contributed by atoms with Crippen LogP contribution < -0.4 is 0 Å². The molecule has 1 aromatic rings. The number of ether oxygens (including phenoxy) is 1. The number of alkyl halides is 2. The fourth-order valence-electron chi connectivity index (χ4n) is 1.66. The van der Waals surface area contributed by atoms with Crippen molar-refractivity contribution in [2.24, 2.45) is 0 Å². The second kappa shape index (κ2) is 6.56. The van der Waals surface area contributed by atoms with Gasteiger partial charge in [-0.3, -0.25) is 14.9 Å². The number of hydrogen-bond donors (Lipinski definition) is 0. The summed E-state index contributed by atoms with van der Waals surface area (Å²) in [5.41, 5.74) is -2.25. The van der Waals surface area contributed by atoms with Crippen LogP contribution in [0.5, 0.6) is 0 Å². The molecule has 106 valence electrons. The Morgan fingerprint density at radius 1 is 1.55 bits per heavy atom. The van der Waals surface area contributed by atoms with Crippen LogP contribution in [0.15, 0.2) is 12.1 Å². The molecule has 0 saturated heterocycles. The Morgan fingerprint density at radius 3 is 2.65 bits per heavy atom. The zero-order valence-electron chi connectivity index (χ0n) is 10.4. The molecule has 0 aliphatic carbocycles. The molecular weight excluding hydrogens is 274 g/mol. The third-order valence-corrected chi connectivity index (χ3v) is 2.39. The first-order valence-electron chi connectivity index (χ1n) is 5.55. The zero-order valence-corrected chi connectivity index (χ0v) is 10.4. The van der Waals surface area contributed by atoms with Crippen LogP contribution in [-0.2, 0) is 16.0 Å². The molecule has 0 radical (unpaired) electrons. The van der Waals surface area contributed by atoms with Crippen molar-refractivity contribution in [1.82, 2.24) is 0 Å². The van der Waals surface area contributed by atoms with E-state index in [1.54, 1.807) is 6.92 Å². The molecule has 0 aliphatic rings. The SMILES string of the molecule is CCOC(=O)Cc1cc(C#N)c([N+](=O)[O-])c(C(F)F)c1. The molecule has 0 aromatic heterocycles. The van der Waals surface area contributed by atoms with E-state index < -0.39 is 34.1 Å². The third-order valence-electron chi connectivity index (χ3n) is 2.39. The highest BCUT2D eigenvalue weighted by Gasteiger charge is 2.27. The first kappa shape index (κ1) is 15.5. The van der Waals surface area contributed by atoms with Crippen molar-refractivity contribution in [2.45, 2.75) is 19.8 Å². The van der Waals surface area contributed by atoms with Gasteiger partial charge >= 0.3 is 5.97 Å². The Kier molecular flexibility index (Phi) is 5.08. The lowest BCUT2D eigenvalue weighted by atomic mass is 10.0. The molecule has 6 nitrogen and oxygen atoms in total. The molecule has 0 heterocycles. The Labute approximate surface area is 112 Å². The van der Waals surface area contributed by atoms with Crippen molar-refractivity contribution >= 4 is 11.7 Å². The van der Waals surface area contributed by atoms with Gasteiger partial charge in [-0.25, -0.2) is 8.78 Å². The summed E-state index contributed by atoms with van der Waals surface area (Å²) in [6.07, 6.45) is -3.45. The molecule has 0 atom stereocenters. The summed E-state index contributed by atoms with van der Waals surface area (Å²) in [5, 5.41) is 19.6. The predicted molar refractivity (Wildman–Crippen MR) is 63.1 cm³/mol. The normalized spacial score (nSPS) is 10.2. The van der Waals surface area contributed by atoms with E-state index in [9.17, 15) is 23.7 Å². The number of benzene rings is 1. The van der Waals surface area contributed by atoms with Crippen LogP contribution in [0.1, 0.15) is 30.0 Å². The minimum atomic E-state index is -3.12. The van der Waals surface area contributed by atoms with Crippen LogP contribution >= 0.6 is 0 Å². The van der Waals surface area contributed by atoms with Gasteiger partial charge < -0.3 is 4.74 Å². The summed E-state index contributed by atoms with van der Waals surface area (Å²) in [6, 6.07) is 3.38. The highest BCUT2D eigenvalue weighted by Crippen LogP contribution is 2.33. The second-order valence-electron chi connectivity index (χ2n) is 3.73. The van der Waals surface area contributed by atoms with E-state index >= 15 is 0 Å². The Morgan fingerprint density at radius 2 is 2.20 bits per heavy atom. The number of nitriles is 1. The third kappa shape index (κ3) is 3.47. The minimum Gasteiger partial charge on any atom is -0.466 e. The van der Waals surface area contributed by atoms with Gasteiger partial charge in [0, 0.05) is 0 Å². The lowest BCUT2D eigenvalue weighted by Gasteiger charge is -2.07. The number of nitrogens with zero attached hydrogens (tertiary/aromatic N) is 2. The van der Waals surface area contributed by atoms with Crippen molar-refractivity contribution in [2.75, 3.05) is 6.61 Å². The molecule has 8 heteroatoms. The number of nitro benzene ring substituents is 1. The van der Waals surface area contributed by atoms with Gasteiger partial charge in [-0.1, -0.05) is 0 Å². The largest absolute Gasteiger partial charge is 0.466 e. The van der Waals surface area contributed by atoms with Gasteiger partial charge in [0.25, 0.3) is 12.1 Å². The molecule has 0 saturated carbocycles. The Bertz CT molecular complexity index is 582. The van der Waals surface area contributed by atoms with Gasteiger partial charge in [0.1, 0.15) is 11.6 Å². The number of esters is 1. The van der Waals surface area contributed by atoms with Crippen molar-refractivity contribution in [3.63, 3.8) is 0 Å². The van der Waals surface area contributed by atoms with E-state index in [-0.39, 0.29) is 18.6 Å². The molecule has 1 aromatic carbocycles. The standard InChI is InChI=1S/C12H10F2N2O4/c1-2-20-10(17)5-7-3-8(6-15)11(16(18)19)9(4-7)12(13)14/h3-4,12H,2,5H2,1H3. The summed E-state index contributed by atoms with van der Waals surface area (Å²) >= 11 is 0. The van der Waals surface area contributed by atoms with Crippen LogP contribution in [0.25, 0.3) is 0 Å². The van der Waals surface area contributed by atoms with Crippen LogP contribution in [-0.4, -0.2) is 17.5 Å². The van der Waals surface area contributed by atoms with Crippen molar-refractivity contribution in [3.05, 3.63) is 38.9 Å². The fraction of sp³-hybridized carbons (Fsp3) is 0.333. The van der Waals surface area contributed by atoms with Crippen LogP contribution in [0, 0.1) is 21.4 Å². The molecule has 0 aliphatic heterocycles. The first-order valence-corrected chi connectivity index (χ1v) is 5.55. The maximum Gasteiger partial charge on any atom is 0.310 e. The maximum absolute atomic E-state index is 12.8. The van der Waals surface area contributed by atoms with E-state index in [1.165, 1.54) is 6.07 Å². The van der Waals surface area contributed by atoms with Crippen molar-refractivity contribution in [1.29, 1.82) is 5.26 Å². The quantitative estimate of drug-likeness (QED) is 0.470. The number of halogens is 2. The van der Waals surface area contributed by atoms with E-state index in [0.717, 1.165) is 12.1 Å². The van der Waals surface area contributed by atoms with Crippen molar-refractivity contribution < 1.29 is 23.2 Å². The average molecular weight is 284 g/mol. The van der Waals surface area contributed by atoms with Gasteiger partial charge in [0.15, 0.2) is 0 Å². The van der Waals surface area contributed by atoms with E-state index in [0.29, 0.717) is 0 Å². The number of hydrogen-bond acceptors (Lipinski definition) is 5. The van der Waals surface area contributed by atoms with Crippen LogP contribution in [0.3, 0.4) is 0 Å². The highest BCUT2D eigenvalue weighted by molar-refractivity contribution is 5.73. The van der Waals surface area contributed by atoms with E-state index in [4.69, 9.17) is 5.26 Å². The number of rotatable bonds is 5. The summed E-state index contributed by atoms with van der Waals surface area (Å²) < 4.78 is 30.3. The van der Waals surface area contributed by atoms with E-state index in [1.807, 2.05) is 0 Å². The summed E-state index contributed by atoms with van der Waals surface area (Å²) in [4.78, 5) is 21.0. The summed E-state index contributed by atoms with van der Waals surface area (Å²) in [7, 11) is 0. The number of carbonyl (C=O) groups is 1. The Balaban J connectivity index is 3.31. The molecular formula is C12H10F2N2O4. The lowest BCUT2D eigenvalue weighted by Crippen LogP contribution is -2.09. The van der Waals surface area contributed by atoms with Gasteiger partial charge in [-0.2, -0.15) is 5.26 Å². The van der Waals surface area contributed by atoms with Gasteiger partial charge in [0.05, 0.1) is 23.5 Å². The highest BCUT2D eigenvalue weighted by atomic mass is 19.3. The maximum atomic E-state index is 12.8. The van der Waals surface area contributed by atoms with E-state index in [2.05, 4.69) is 4.74 Å². The van der Waals surface area contributed by atoms with Gasteiger partial charge in [0.2, 0.25) is 0 Å². The molecule has 20 heavy (non-hydrogen) atoms. The molecule has 0 spiro atoms. The zero-order chi connectivity index (χ0) is 15.3. The number of carbonyl (C=O) groups excluding carboxylic acids is 1. The molecule has 0 N–H and O–H groups in total. The monoisotopic (exact) mass is 284 g/mol. The van der Waals surface area contributed by atoms with Gasteiger partial charge in [-0.15, -0.1) is 0 Å². The second-order valence-corrected chi connectivity index (χ2v) is 3.73. The van der Waals surface area contributed by atoms with Crippen molar-refractivity contribution in [3.8, 4) is 6.07 Å². The Hall–Kier alpha value is -2.56. The summed E-state index contributed by atoms with van der Waals surface area (Å²) in [5.74, 6) is -0.662. The fourth-order valence-corrected chi connectivity index (χ4v) is 1.66. The van der Waals surface area contributed by atoms with Gasteiger partial charge in [-0.05, 0) is 24.6 Å². The molecule has 0 unspecified atom stereocenters.